The third-order valence-electron chi connectivity index (χ3n) is 2.82. The van der Waals surface area contributed by atoms with Crippen molar-refractivity contribution < 1.29 is 4.74 Å². The quantitative estimate of drug-likeness (QED) is 0.828. The van der Waals surface area contributed by atoms with Crippen LogP contribution >= 0.6 is 11.6 Å². The van der Waals surface area contributed by atoms with Crippen molar-refractivity contribution in [3.63, 3.8) is 0 Å². The highest BCUT2D eigenvalue weighted by Gasteiger charge is 2.10. The molecule has 0 aliphatic rings. The number of hydrogen-bond donors (Lipinski definition) is 1. The van der Waals surface area contributed by atoms with Crippen LogP contribution in [0.1, 0.15) is 38.8 Å². The first-order valence-corrected chi connectivity index (χ1v) is 6.52. The summed E-state index contributed by atoms with van der Waals surface area (Å²) in [6, 6.07) is 6.03. The summed E-state index contributed by atoms with van der Waals surface area (Å²) in [6.45, 7) is 7.24. The van der Waals surface area contributed by atoms with E-state index in [9.17, 15) is 0 Å². The standard InChI is InChI=1S/C14H22ClNO/c1-10(2)7-8-17-14-6-5-12(15)9-13(14)11(3)16-4/h5-6,9-11,16H,7-8H2,1-4H3. The van der Waals surface area contributed by atoms with E-state index in [1.165, 1.54) is 0 Å². The third-order valence-corrected chi connectivity index (χ3v) is 3.06. The fourth-order valence-electron chi connectivity index (χ4n) is 1.55. The molecule has 0 aliphatic carbocycles. The van der Waals surface area contributed by atoms with Crippen molar-refractivity contribution >= 4 is 11.6 Å². The second-order valence-corrected chi connectivity index (χ2v) is 5.16. The van der Waals surface area contributed by atoms with Crippen LogP contribution in [0, 0.1) is 5.92 Å². The zero-order chi connectivity index (χ0) is 12.8. The SMILES string of the molecule is CNC(C)c1cc(Cl)ccc1OCCC(C)C. The molecule has 0 bridgehead atoms. The van der Waals surface area contributed by atoms with Crippen LogP contribution in [0.25, 0.3) is 0 Å². The van der Waals surface area contributed by atoms with E-state index >= 15 is 0 Å². The van der Waals surface area contributed by atoms with Gasteiger partial charge in [0.2, 0.25) is 0 Å². The smallest absolute Gasteiger partial charge is 0.124 e. The van der Waals surface area contributed by atoms with Crippen LogP contribution in [0.3, 0.4) is 0 Å². The number of hydrogen-bond acceptors (Lipinski definition) is 2. The first-order valence-electron chi connectivity index (χ1n) is 6.14. The Hall–Kier alpha value is -0.730. The normalized spacial score (nSPS) is 12.8. The highest BCUT2D eigenvalue weighted by atomic mass is 35.5. The van der Waals surface area contributed by atoms with E-state index in [0.29, 0.717) is 5.92 Å². The van der Waals surface area contributed by atoms with Gasteiger partial charge in [0.05, 0.1) is 6.61 Å². The molecule has 0 fully saturated rings. The molecule has 2 nitrogen and oxygen atoms in total. The van der Waals surface area contributed by atoms with Gasteiger partial charge in [0.1, 0.15) is 5.75 Å². The summed E-state index contributed by atoms with van der Waals surface area (Å²) >= 11 is 6.02. The summed E-state index contributed by atoms with van der Waals surface area (Å²) in [5, 5.41) is 3.96. The molecule has 0 heterocycles. The van der Waals surface area contributed by atoms with E-state index in [1.54, 1.807) is 0 Å². The highest BCUT2D eigenvalue weighted by molar-refractivity contribution is 6.30. The lowest BCUT2D eigenvalue weighted by Crippen LogP contribution is -2.14. The monoisotopic (exact) mass is 255 g/mol. The number of nitrogens with one attached hydrogen (secondary N) is 1. The average Bonchev–Trinajstić information content (AvgIpc) is 2.29. The minimum atomic E-state index is 0.239. The Morgan fingerprint density at radius 1 is 1.29 bits per heavy atom. The van der Waals surface area contributed by atoms with E-state index in [2.05, 4.69) is 26.1 Å². The molecule has 1 aromatic rings. The molecule has 1 rings (SSSR count). The zero-order valence-electron chi connectivity index (χ0n) is 11.1. The summed E-state index contributed by atoms with van der Waals surface area (Å²) in [5.41, 5.74) is 1.11. The van der Waals surface area contributed by atoms with Crippen LogP contribution in [-0.2, 0) is 0 Å². The maximum atomic E-state index is 6.02. The van der Waals surface area contributed by atoms with Gasteiger partial charge in [0.25, 0.3) is 0 Å². The lowest BCUT2D eigenvalue weighted by molar-refractivity contribution is 0.285. The van der Waals surface area contributed by atoms with Crippen molar-refractivity contribution in [2.45, 2.75) is 33.2 Å². The maximum absolute atomic E-state index is 6.02. The van der Waals surface area contributed by atoms with Gasteiger partial charge in [-0.1, -0.05) is 25.4 Å². The molecule has 0 radical (unpaired) electrons. The molecule has 0 spiro atoms. The Balaban J connectivity index is 2.76. The van der Waals surface area contributed by atoms with Crippen LogP contribution in [0.15, 0.2) is 18.2 Å². The molecular weight excluding hydrogens is 234 g/mol. The average molecular weight is 256 g/mol. The number of ether oxygens (including phenoxy) is 1. The molecule has 3 heteroatoms. The van der Waals surface area contributed by atoms with E-state index in [-0.39, 0.29) is 6.04 Å². The molecule has 0 amide bonds. The maximum Gasteiger partial charge on any atom is 0.124 e. The minimum absolute atomic E-state index is 0.239. The fourth-order valence-corrected chi connectivity index (χ4v) is 1.73. The number of halogens is 1. The van der Waals surface area contributed by atoms with Gasteiger partial charge in [0.15, 0.2) is 0 Å². The first-order chi connectivity index (χ1) is 8.04. The molecule has 0 aromatic heterocycles. The molecule has 1 aromatic carbocycles. The van der Waals surface area contributed by atoms with E-state index in [4.69, 9.17) is 16.3 Å². The predicted molar refractivity (Wildman–Crippen MR) is 73.9 cm³/mol. The van der Waals surface area contributed by atoms with Gasteiger partial charge in [-0.3, -0.25) is 0 Å². The summed E-state index contributed by atoms with van der Waals surface area (Å²) in [7, 11) is 1.93. The largest absolute Gasteiger partial charge is 0.493 e. The Bertz CT molecular complexity index is 352. The molecule has 0 saturated heterocycles. The summed E-state index contributed by atoms with van der Waals surface area (Å²) in [4.78, 5) is 0. The topological polar surface area (TPSA) is 21.3 Å². The Morgan fingerprint density at radius 2 is 2.00 bits per heavy atom. The second-order valence-electron chi connectivity index (χ2n) is 4.72. The molecule has 1 atom stereocenters. The van der Waals surface area contributed by atoms with Gasteiger partial charge < -0.3 is 10.1 Å². The summed E-state index contributed by atoms with van der Waals surface area (Å²) in [6.07, 6.45) is 1.07. The molecule has 1 unspecified atom stereocenters. The van der Waals surface area contributed by atoms with Crippen LogP contribution in [-0.4, -0.2) is 13.7 Å². The third kappa shape index (κ3) is 4.57. The Kier molecular flexibility index (Phi) is 5.79. The van der Waals surface area contributed by atoms with Gasteiger partial charge in [0, 0.05) is 16.6 Å². The minimum Gasteiger partial charge on any atom is -0.493 e. The molecule has 17 heavy (non-hydrogen) atoms. The second kappa shape index (κ2) is 6.87. The van der Waals surface area contributed by atoms with Gasteiger partial charge in [-0.05, 0) is 44.5 Å². The van der Waals surface area contributed by atoms with E-state index in [0.717, 1.165) is 29.4 Å². The molecule has 0 saturated carbocycles. The van der Waals surface area contributed by atoms with Crippen LogP contribution in [0.4, 0.5) is 0 Å². The highest BCUT2D eigenvalue weighted by Crippen LogP contribution is 2.28. The van der Waals surface area contributed by atoms with Gasteiger partial charge in [-0.15, -0.1) is 0 Å². The van der Waals surface area contributed by atoms with E-state index in [1.807, 2.05) is 25.2 Å². The molecule has 96 valence electrons. The Morgan fingerprint density at radius 3 is 2.59 bits per heavy atom. The first kappa shape index (κ1) is 14.3. The van der Waals surface area contributed by atoms with Crippen LogP contribution in [0.5, 0.6) is 5.75 Å². The summed E-state index contributed by atoms with van der Waals surface area (Å²) in [5.74, 6) is 1.59. The zero-order valence-corrected chi connectivity index (χ0v) is 11.8. The van der Waals surface area contributed by atoms with Gasteiger partial charge >= 0.3 is 0 Å². The van der Waals surface area contributed by atoms with Crippen molar-refractivity contribution in [1.82, 2.24) is 5.32 Å². The number of rotatable bonds is 6. The van der Waals surface area contributed by atoms with Crippen LogP contribution in [0.2, 0.25) is 5.02 Å². The molecular formula is C14H22ClNO. The molecule has 1 N–H and O–H groups in total. The van der Waals surface area contributed by atoms with Crippen molar-refractivity contribution in [1.29, 1.82) is 0 Å². The number of benzene rings is 1. The lowest BCUT2D eigenvalue weighted by atomic mass is 10.1. The van der Waals surface area contributed by atoms with Gasteiger partial charge in [-0.2, -0.15) is 0 Å². The lowest BCUT2D eigenvalue weighted by Gasteiger charge is -2.17. The van der Waals surface area contributed by atoms with Crippen molar-refractivity contribution in [3.8, 4) is 5.75 Å². The Labute approximate surface area is 109 Å². The van der Waals surface area contributed by atoms with Crippen molar-refractivity contribution in [3.05, 3.63) is 28.8 Å². The predicted octanol–water partition coefficient (Wildman–Crippen LogP) is 4.05. The van der Waals surface area contributed by atoms with E-state index < -0.39 is 0 Å². The summed E-state index contributed by atoms with van der Waals surface area (Å²) < 4.78 is 5.83. The fraction of sp³-hybridized carbons (Fsp3) is 0.571. The van der Waals surface area contributed by atoms with Gasteiger partial charge in [-0.25, -0.2) is 0 Å². The van der Waals surface area contributed by atoms with Crippen LogP contribution < -0.4 is 10.1 Å². The van der Waals surface area contributed by atoms with Crippen molar-refractivity contribution in [2.24, 2.45) is 5.92 Å². The molecule has 0 aliphatic heterocycles. The van der Waals surface area contributed by atoms with Crippen molar-refractivity contribution in [2.75, 3.05) is 13.7 Å².